The average molecular weight is 364 g/mol. The van der Waals surface area contributed by atoms with Gasteiger partial charge in [0.2, 0.25) is 0 Å². The first-order chi connectivity index (χ1) is 12.9. The van der Waals surface area contributed by atoms with E-state index >= 15 is 0 Å². The zero-order valence-electron chi connectivity index (χ0n) is 15.4. The fourth-order valence-corrected chi connectivity index (χ4v) is 2.51. The van der Waals surface area contributed by atoms with Crippen LogP contribution in [0.15, 0.2) is 53.1 Å². The summed E-state index contributed by atoms with van der Waals surface area (Å²) in [6, 6.07) is 12.8. The van der Waals surface area contributed by atoms with Gasteiger partial charge in [0.25, 0.3) is 5.82 Å². The number of nitrogens with one attached hydrogen (secondary N) is 1. The Morgan fingerprint density at radius 1 is 1.30 bits per heavy atom. The van der Waals surface area contributed by atoms with Crippen molar-refractivity contribution in [3.05, 3.63) is 65.7 Å². The van der Waals surface area contributed by atoms with Crippen LogP contribution in [0, 0.1) is 6.57 Å². The number of amides is 1. The van der Waals surface area contributed by atoms with Gasteiger partial charge >= 0.3 is 6.09 Å². The van der Waals surface area contributed by atoms with Gasteiger partial charge in [0.15, 0.2) is 5.76 Å². The zero-order chi connectivity index (χ0) is 19.4. The van der Waals surface area contributed by atoms with Gasteiger partial charge in [-0.2, -0.15) is 4.68 Å². The number of carbonyl (C=O) groups is 1. The maximum Gasteiger partial charge on any atom is 0.407 e. The van der Waals surface area contributed by atoms with Crippen LogP contribution in [0.5, 0.6) is 0 Å². The van der Waals surface area contributed by atoms with Crippen molar-refractivity contribution in [3.63, 3.8) is 0 Å². The van der Waals surface area contributed by atoms with E-state index in [4.69, 9.17) is 15.7 Å². The molecule has 0 aliphatic heterocycles. The largest absolute Gasteiger partial charge is 0.463 e. The molecule has 0 spiro atoms. The first-order valence-corrected chi connectivity index (χ1v) is 8.43. The minimum atomic E-state index is -0.547. The van der Waals surface area contributed by atoms with Crippen LogP contribution in [-0.2, 0) is 11.3 Å². The van der Waals surface area contributed by atoms with E-state index < -0.39 is 11.7 Å². The van der Waals surface area contributed by atoms with E-state index in [1.807, 2.05) is 51.1 Å². The minimum Gasteiger partial charge on any atom is -0.463 e. The standard InChI is InChI=1S/C20H20N4O3/c1-20(2,3)27-19(25)22-13-14-7-5-8-15(11-14)24-16(12-18(21-4)23-24)17-9-6-10-26-17/h5-12H,13H2,1-3H3,(H,22,25). The van der Waals surface area contributed by atoms with E-state index in [9.17, 15) is 4.79 Å². The molecule has 7 nitrogen and oxygen atoms in total. The van der Waals surface area contributed by atoms with Gasteiger partial charge < -0.3 is 19.3 Å². The van der Waals surface area contributed by atoms with Gasteiger partial charge in [0.1, 0.15) is 11.3 Å². The summed E-state index contributed by atoms with van der Waals surface area (Å²) < 4.78 is 12.4. The van der Waals surface area contributed by atoms with Crippen molar-refractivity contribution in [1.29, 1.82) is 0 Å². The Bertz CT molecular complexity index is 976. The zero-order valence-corrected chi connectivity index (χ0v) is 15.4. The lowest BCUT2D eigenvalue weighted by Gasteiger charge is -2.19. The third-order valence-electron chi connectivity index (χ3n) is 3.58. The molecule has 3 aromatic rings. The van der Waals surface area contributed by atoms with Gasteiger partial charge in [0.05, 0.1) is 12.0 Å². The number of rotatable bonds is 4. The molecule has 1 amide bonds. The molecule has 0 saturated carbocycles. The summed E-state index contributed by atoms with van der Waals surface area (Å²) in [5.74, 6) is 0.897. The molecule has 0 aliphatic carbocycles. The fourth-order valence-electron chi connectivity index (χ4n) is 2.51. The number of alkyl carbamates (subject to hydrolysis) is 1. The maximum atomic E-state index is 11.8. The number of furan rings is 1. The Kier molecular flexibility index (Phi) is 4.99. The van der Waals surface area contributed by atoms with Crippen LogP contribution in [-0.4, -0.2) is 21.5 Å². The molecule has 7 heteroatoms. The van der Waals surface area contributed by atoms with Crippen LogP contribution in [0.4, 0.5) is 10.6 Å². The SMILES string of the molecule is [C-]#[N+]c1cc(-c2ccco2)n(-c2cccc(CNC(=O)OC(C)(C)C)c2)n1. The highest BCUT2D eigenvalue weighted by Crippen LogP contribution is 2.27. The smallest absolute Gasteiger partial charge is 0.407 e. The van der Waals surface area contributed by atoms with Crippen LogP contribution < -0.4 is 5.32 Å². The number of hydrogen-bond acceptors (Lipinski definition) is 4. The number of ether oxygens (including phenoxy) is 1. The molecule has 1 N–H and O–H groups in total. The molecule has 0 radical (unpaired) electrons. The second kappa shape index (κ2) is 7.38. The molecule has 0 aliphatic rings. The minimum absolute atomic E-state index is 0.277. The van der Waals surface area contributed by atoms with Crippen molar-refractivity contribution in [1.82, 2.24) is 15.1 Å². The van der Waals surface area contributed by atoms with Crippen molar-refractivity contribution < 1.29 is 13.9 Å². The highest BCUT2D eigenvalue weighted by molar-refractivity contribution is 5.67. The lowest BCUT2D eigenvalue weighted by molar-refractivity contribution is 0.0523. The summed E-state index contributed by atoms with van der Waals surface area (Å²) in [7, 11) is 0. The lowest BCUT2D eigenvalue weighted by Crippen LogP contribution is -2.32. The summed E-state index contributed by atoms with van der Waals surface area (Å²) in [4.78, 5) is 15.2. The Labute approximate surface area is 157 Å². The van der Waals surface area contributed by atoms with Crippen LogP contribution in [0.1, 0.15) is 26.3 Å². The summed E-state index contributed by atoms with van der Waals surface area (Å²) in [6.45, 7) is 13.0. The molecule has 3 rings (SSSR count). The normalized spacial score (nSPS) is 11.0. The van der Waals surface area contributed by atoms with Crippen LogP contribution in [0.3, 0.4) is 0 Å². The Balaban J connectivity index is 1.83. The van der Waals surface area contributed by atoms with E-state index in [-0.39, 0.29) is 5.82 Å². The molecule has 0 bridgehead atoms. The van der Waals surface area contributed by atoms with Gasteiger partial charge in [-0.05, 0) is 61.8 Å². The van der Waals surface area contributed by atoms with E-state index in [0.29, 0.717) is 18.0 Å². The Morgan fingerprint density at radius 2 is 2.11 bits per heavy atom. The highest BCUT2D eigenvalue weighted by atomic mass is 16.6. The van der Waals surface area contributed by atoms with Gasteiger partial charge in [-0.3, -0.25) is 0 Å². The number of nitrogens with zero attached hydrogens (tertiary/aromatic N) is 3. The molecule has 2 aromatic heterocycles. The average Bonchev–Trinajstić information content (AvgIpc) is 3.27. The third-order valence-corrected chi connectivity index (χ3v) is 3.58. The van der Waals surface area contributed by atoms with Crippen LogP contribution in [0.2, 0.25) is 0 Å². The number of aromatic nitrogens is 2. The summed E-state index contributed by atoms with van der Waals surface area (Å²) in [5.41, 5.74) is 1.78. The first-order valence-electron chi connectivity index (χ1n) is 8.43. The van der Waals surface area contributed by atoms with Gasteiger partial charge in [-0.1, -0.05) is 18.7 Å². The van der Waals surface area contributed by atoms with E-state index in [1.54, 1.807) is 23.1 Å². The molecule has 0 fully saturated rings. The molecule has 0 unspecified atom stereocenters. The lowest BCUT2D eigenvalue weighted by atomic mass is 10.2. The quantitative estimate of drug-likeness (QED) is 0.681. The predicted octanol–water partition coefficient (Wildman–Crippen LogP) is 4.71. The first kappa shape index (κ1) is 18.3. The fraction of sp³-hybridized carbons (Fsp3) is 0.250. The Hall–Kier alpha value is -3.53. The van der Waals surface area contributed by atoms with Crippen LogP contribution in [0.25, 0.3) is 22.0 Å². The molecule has 138 valence electrons. The van der Waals surface area contributed by atoms with Crippen molar-refractivity contribution >= 4 is 11.9 Å². The number of hydrogen-bond donors (Lipinski definition) is 1. The van der Waals surface area contributed by atoms with E-state index in [0.717, 1.165) is 11.3 Å². The Morgan fingerprint density at radius 3 is 2.78 bits per heavy atom. The van der Waals surface area contributed by atoms with Crippen molar-refractivity contribution in [2.45, 2.75) is 32.9 Å². The monoisotopic (exact) mass is 364 g/mol. The number of benzene rings is 1. The third kappa shape index (κ3) is 4.55. The molecule has 2 heterocycles. The summed E-state index contributed by atoms with van der Waals surface area (Å²) in [6.07, 6.45) is 1.10. The van der Waals surface area contributed by atoms with E-state index in [2.05, 4.69) is 15.3 Å². The second-order valence-corrected chi connectivity index (χ2v) is 6.91. The highest BCUT2D eigenvalue weighted by Gasteiger charge is 2.18. The molecule has 1 aromatic carbocycles. The molecular formula is C20H20N4O3. The summed E-state index contributed by atoms with van der Waals surface area (Å²) >= 11 is 0. The van der Waals surface area contributed by atoms with Crippen molar-refractivity contribution in [2.75, 3.05) is 0 Å². The number of carbonyl (C=O) groups excluding carboxylic acids is 1. The van der Waals surface area contributed by atoms with Crippen LogP contribution >= 0.6 is 0 Å². The van der Waals surface area contributed by atoms with Crippen molar-refractivity contribution in [3.8, 4) is 17.1 Å². The van der Waals surface area contributed by atoms with Crippen molar-refractivity contribution in [2.24, 2.45) is 0 Å². The van der Waals surface area contributed by atoms with Gasteiger partial charge in [-0.25, -0.2) is 4.79 Å². The topological polar surface area (TPSA) is 73.7 Å². The predicted molar refractivity (Wildman–Crippen MR) is 101 cm³/mol. The molecule has 0 saturated heterocycles. The summed E-state index contributed by atoms with van der Waals surface area (Å²) in [5, 5.41) is 7.07. The molecule has 0 atom stereocenters. The van der Waals surface area contributed by atoms with Gasteiger partial charge in [0, 0.05) is 6.54 Å². The maximum absolute atomic E-state index is 11.8. The molecule has 27 heavy (non-hydrogen) atoms. The second-order valence-electron chi connectivity index (χ2n) is 6.91. The van der Waals surface area contributed by atoms with E-state index in [1.165, 1.54) is 0 Å². The van der Waals surface area contributed by atoms with Gasteiger partial charge in [-0.15, -0.1) is 0 Å². The molecular weight excluding hydrogens is 344 g/mol.